The van der Waals surface area contributed by atoms with Crippen LogP contribution in [0.3, 0.4) is 0 Å². The van der Waals surface area contributed by atoms with Crippen LogP contribution in [0.4, 0.5) is 5.69 Å². The molecule has 0 saturated carbocycles. The van der Waals surface area contributed by atoms with Gasteiger partial charge in [-0.1, -0.05) is 12.1 Å². The smallest absolute Gasteiger partial charge is 0.744 e. The largest absolute Gasteiger partial charge is 1.00 e. The normalized spacial score (nSPS) is 13.1. The molecule has 0 bridgehead atoms. The minimum atomic E-state index is -4.70. The molecule has 0 saturated heterocycles. The van der Waals surface area contributed by atoms with E-state index in [1.54, 1.807) is 0 Å². The van der Waals surface area contributed by atoms with Crippen LogP contribution in [0.5, 0.6) is 0 Å². The van der Waals surface area contributed by atoms with Crippen LogP contribution in [0.25, 0.3) is 0 Å². The van der Waals surface area contributed by atoms with Gasteiger partial charge < -0.3 is 10.3 Å². The monoisotopic (exact) mass is 325 g/mol. The molecular weight excluding hydrogens is 317 g/mol. The van der Waals surface area contributed by atoms with E-state index in [4.69, 9.17) is 5.73 Å². The summed E-state index contributed by atoms with van der Waals surface area (Å²) in [5.41, 5.74) is 6.06. The summed E-state index contributed by atoms with van der Waals surface area (Å²) in [4.78, 5) is 24.2. The van der Waals surface area contributed by atoms with Crippen LogP contribution in [0.1, 0.15) is 31.8 Å². The van der Waals surface area contributed by atoms with Gasteiger partial charge in [-0.25, -0.2) is 8.42 Å². The zero-order valence-corrected chi connectivity index (χ0v) is 14.3. The first-order chi connectivity index (χ1) is 9.80. The Labute approximate surface area is 148 Å². The molecule has 8 heteroatoms. The summed E-state index contributed by atoms with van der Waals surface area (Å²) in [6.45, 7) is 0. The van der Waals surface area contributed by atoms with Crippen LogP contribution < -0.4 is 35.3 Å². The number of nitrogens with two attached hydrogens (primary N) is 1. The Balaban J connectivity index is 0.00000176. The Bertz CT molecular complexity index is 921. The fourth-order valence-electron chi connectivity index (χ4n) is 2.36. The molecule has 0 fully saturated rings. The van der Waals surface area contributed by atoms with E-state index < -0.39 is 26.6 Å². The Kier molecular flexibility index (Phi) is 4.29. The van der Waals surface area contributed by atoms with Gasteiger partial charge in [0.25, 0.3) is 0 Å². The van der Waals surface area contributed by atoms with Gasteiger partial charge in [0, 0.05) is 22.4 Å². The van der Waals surface area contributed by atoms with Crippen molar-refractivity contribution < 1.29 is 52.1 Å². The third-order valence-corrected chi connectivity index (χ3v) is 4.17. The van der Waals surface area contributed by atoms with E-state index in [0.717, 1.165) is 18.2 Å². The van der Waals surface area contributed by atoms with Gasteiger partial charge in [0.2, 0.25) is 0 Å². The summed E-state index contributed by atoms with van der Waals surface area (Å²) in [7, 11) is -4.70. The minimum Gasteiger partial charge on any atom is -0.744 e. The molecule has 6 nitrogen and oxygen atoms in total. The summed E-state index contributed by atoms with van der Waals surface area (Å²) in [6.07, 6.45) is 0. The van der Waals surface area contributed by atoms with E-state index >= 15 is 0 Å². The molecule has 0 atom stereocenters. The van der Waals surface area contributed by atoms with Gasteiger partial charge in [-0.15, -0.1) is 0 Å². The van der Waals surface area contributed by atoms with Crippen molar-refractivity contribution in [3.8, 4) is 0 Å². The Morgan fingerprint density at radius 2 is 1.59 bits per heavy atom. The summed E-state index contributed by atoms with van der Waals surface area (Å²) in [5, 5.41) is 0. The van der Waals surface area contributed by atoms with Gasteiger partial charge in [0.05, 0.1) is 10.5 Å². The zero-order chi connectivity index (χ0) is 15.4. The molecule has 3 rings (SSSR count). The first-order valence-electron chi connectivity index (χ1n) is 5.88. The van der Waals surface area contributed by atoms with E-state index in [2.05, 4.69) is 0 Å². The average molecular weight is 325 g/mol. The molecule has 2 aromatic rings. The minimum absolute atomic E-state index is 0. The number of carbonyl (C=O) groups excluding carboxylic acids is 2. The van der Waals surface area contributed by atoms with E-state index in [0.29, 0.717) is 0 Å². The molecule has 0 radical (unpaired) electrons. The Hall–Kier alpha value is -1.51. The molecule has 0 aliphatic heterocycles. The quantitative estimate of drug-likeness (QED) is 0.313. The van der Waals surface area contributed by atoms with Crippen molar-refractivity contribution in [1.82, 2.24) is 0 Å². The van der Waals surface area contributed by atoms with E-state index in [9.17, 15) is 22.6 Å². The number of fused-ring (bicyclic) bond motifs is 2. The van der Waals surface area contributed by atoms with Crippen molar-refractivity contribution in [2.24, 2.45) is 0 Å². The number of carbonyl (C=O) groups is 2. The Morgan fingerprint density at radius 1 is 0.909 bits per heavy atom. The van der Waals surface area contributed by atoms with Crippen LogP contribution >= 0.6 is 0 Å². The number of rotatable bonds is 1. The maximum absolute atomic E-state index is 12.4. The molecule has 106 valence electrons. The molecule has 0 unspecified atom stereocenters. The number of hydrogen-bond donors (Lipinski definition) is 1. The van der Waals surface area contributed by atoms with Crippen molar-refractivity contribution >= 4 is 27.4 Å². The van der Waals surface area contributed by atoms with Crippen molar-refractivity contribution in [2.45, 2.75) is 4.90 Å². The average Bonchev–Trinajstić information content (AvgIpc) is 2.43. The zero-order valence-electron chi connectivity index (χ0n) is 11.5. The predicted octanol–water partition coefficient (Wildman–Crippen LogP) is -2.05. The maximum atomic E-state index is 12.4. The first kappa shape index (κ1) is 16.9. The third kappa shape index (κ3) is 2.51. The van der Waals surface area contributed by atoms with E-state index in [1.807, 2.05) is 0 Å². The van der Waals surface area contributed by atoms with Gasteiger partial charge in [-0.05, 0) is 24.3 Å². The standard InChI is InChI=1S/C14H9NO5S.Na/c15-11-3-1-2-9-12(11)14(17)8-5-4-7(21(18,19)20)6-10(8)13(9)16;/h1-6H,15H2,(H,18,19,20);/q;+1/p-1. The number of anilines is 1. The molecule has 1 aliphatic rings. The van der Waals surface area contributed by atoms with Crippen LogP contribution in [-0.2, 0) is 10.1 Å². The molecule has 0 spiro atoms. The van der Waals surface area contributed by atoms with Gasteiger partial charge >= 0.3 is 29.6 Å². The van der Waals surface area contributed by atoms with Gasteiger partial charge in [0.15, 0.2) is 11.6 Å². The molecule has 2 aromatic carbocycles. The van der Waals surface area contributed by atoms with Crippen molar-refractivity contribution in [3.63, 3.8) is 0 Å². The molecule has 1 aliphatic carbocycles. The maximum Gasteiger partial charge on any atom is 1.00 e. The van der Waals surface area contributed by atoms with E-state index in [1.165, 1.54) is 18.2 Å². The summed E-state index contributed by atoms with van der Waals surface area (Å²) < 4.78 is 33.1. The molecule has 0 heterocycles. The third-order valence-electron chi connectivity index (χ3n) is 3.34. The van der Waals surface area contributed by atoms with Crippen molar-refractivity contribution in [1.29, 1.82) is 0 Å². The molecule has 2 N–H and O–H groups in total. The molecule has 0 amide bonds. The summed E-state index contributed by atoms with van der Waals surface area (Å²) in [5.74, 6) is -0.995. The fourth-order valence-corrected chi connectivity index (χ4v) is 2.85. The van der Waals surface area contributed by atoms with Crippen LogP contribution in [0.2, 0.25) is 0 Å². The SMILES string of the molecule is Nc1cccc2c1C(=O)c1ccc(S(=O)(=O)[O-])cc1C2=O.[Na+]. The molecule has 0 aromatic heterocycles. The first-order valence-corrected chi connectivity index (χ1v) is 7.29. The van der Waals surface area contributed by atoms with Crippen LogP contribution in [-0.4, -0.2) is 24.5 Å². The van der Waals surface area contributed by atoms with Crippen molar-refractivity contribution in [3.05, 3.63) is 58.7 Å². The topological polar surface area (TPSA) is 117 Å². The fraction of sp³-hybridized carbons (Fsp3) is 0. The second-order valence-corrected chi connectivity index (χ2v) is 5.97. The van der Waals surface area contributed by atoms with Crippen molar-refractivity contribution in [2.75, 3.05) is 5.73 Å². The van der Waals surface area contributed by atoms with Gasteiger partial charge in [-0.3, -0.25) is 9.59 Å². The summed E-state index contributed by atoms with van der Waals surface area (Å²) >= 11 is 0. The number of hydrogen-bond acceptors (Lipinski definition) is 6. The second kappa shape index (κ2) is 5.60. The molecule has 22 heavy (non-hydrogen) atoms. The second-order valence-electron chi connectivity index (χ2n) is 4.59. The number of benzene rings is 2. The van der Waals surface area contributed by atoms with Crippen LogP contribution in [0.15, 0.2) is 41.3 Å². The number of nitrogen functional groups attached to an aromatic ring is 1. The predicted molar refractivity (Wildman–Crippen MR) is 72.1 cm³/mol. The van der Waals surface area contributed by atoms with Gasteiger partial charge in [0.1, 0.15) is 10.1 Å². The Morgan fingerprint density at radius 3 is 2.23 bits per heavy atom. The summed E-state index contributed by atoms with van der Waals surface area (Å²) in [6, 6.07) is 7.58. The number of ketones is 2. The van der Waals surface area contributed by atoms with Gasteiger partial charge in [-0.2, -0.15) is 0 Å². The molecular formula is C14H8NNaO5S. The van der Waals surface area contributed by atoms with Crippen LogP contribution in [0, 0.1) is 0 Å². The van der Waals surface area contributed by atoms with E-state index in [-0.39, 0.29) is 57.5 Å².